The van der Waals surface area contributed by atoms with Crippen LogP contribution in [0, 0.1) is 6.92 Å². The van der Waals surface area contributed by atoms with E-state index >= 15 is 0 Å². The standard InChI is InChI=1S/C20H22N4O3/c1-3-27-20(25)18-13-26-11-10-23(18)19-16-8-9-21-12-17(16)24(22-19)15-6-4-14(2)5-7-15/h4-9,12,18H,3,10-11,13H2,1-2H3. The van der Waals surface area contributed by atoms with Crippen molar-refractivity contribution >= 4 is 22.7 Å². The summed E-state index contributed by atoms with van der Waals surface area (Å²) in [5.74, 6) is 0.457. The number of carbonyl (C=O) groups excluding carboxylic acids is 1. The van der Waals surface area contributed by atoms with Gasteiger partial charge >= 0.3 is 5.97 Å². The third-order valence-corrected chi connectivity index (χ3v) is 4.70. The topological polar surface area (TPSA) is 69.5 Å². The van der Waals surface area contributed by atoms with Gasteiger partial charge in [0.25, 0.3) is 0 Å². The number of aromatic nitrogens is 3. The molecule has 3 aromatic rings. The molecule has 0 aliphatic carbocycles. The van der Waals surface area contributed by atoms with Gasteiger partial charge in [0.2, 0.25) is 0 Å². The highest BCUT2D eigenvalue weighted by molar-refractivity contribution is 5.93. The van der Waals surface area contributed by atoms with Gasteiger partial charge in [0.05, 0.1) is 37.2 Å². The number of anilines is 1. The van der Waals surface area contributed by atoms with Crippen molar-refractivity contribution in [2.45, 2.75) is 19.9 Å². The number of hydrogen-bond acceptors (Lipinski definition) is 6. The van der Waals surface area contributed by atoms with Crippen LogP contribution in [0.5, 0.6) is 0 Å². The van der Waals surface area contributed by atoms with E-state index < -0.39 is 6.04 Å². The maximum Gasteiger partial charge on any atom is 0.331 e. The molecule has 2 aromatic heterocycles. The highest BCUT2D eigenvalue weighted by Crippen LogP contribution is 2.30. The predicted molar refractivity (Wildman–Crippen MR) is 102 cm³/mol. The zero-order valence-corrected chi connectivity index (χ0v) is 15.5. The summed E-state index contributed by atoms with van der Waals surface area (Å²) >= 11 is 0. The number of fused-ring (bicyclic) bond motifs is 1. The van der Waals surface area contributed by atoms with Crippen LogP contribution in [0.4, 0.5) is 5.82 Å². The number of esters is 1. The fourth-order valence-corrected chi connectivity index (χ4v) is 3.33. The van der Waals surface area contributed by atoms with Crippen LogP contribution in [0.3, 0.4) is 0 Å². The van der Waals surface area contributed by atoms with Gasteiger partial charge in [0.1, 0.15) is 0 Å². The van der Waals surface area contributed by atoms with Gasteiger partial charge < -0.3 is 14.4 Å². The SMILES string of the molecule is CCOC(=O)C1COCCN1c1nn(-c2ccc(C)cc2)c2cnccc12. The smallest absolute Gasteiger partial charge is 0.331 e. The molecule has 3 heterocycles. The highest BCUT2D eigenvalue weighted by Gasteiger charge is 2.33. The number of carbonyl (C=O) groups is 1. The van der Waals surface area contributed by atoms with Crippen LogP contribution in [-0.2, 0) is 14.3 Å². The van der Waals surface area contributed by atoms with E-state index in [1.807, 2.05) is 27.8 Å². The Kier molecular flexibility index (Phi) is 4.77. The lowest BCUT2D eigenvalue weighted by molar-refractivity contribution is -0.147. The van der Waals surface area contributed by atoms with Gasteiger partial charge in [-0.05, 0) is 32.0 Å². The largest absolute Gasteiger partial charge is 0.464 e. The Morgan fingerprint density at radius 1 is 1.30 bits per heavy atom. The van der Waals surface area contributed by atoms with Crippen LogP contribution in [0.1, 0.15) is 12.5 Å². The number of hydrogen-bond donors (Lipinski definition) is 0. The molecule has 1 aromatic carbocycles. The maximum atomic E-state index is 12.4. The van der Waals surface area contributed by atoms with Crippen molar-refractivity contribution in [3.63, 3.8) is 0 Å². The van der Waals surface area contributed by atoms with Gasteiger partial charge in [-0.25, -0.2) is 9.48 Å². The van der Waals surface area contributed by atoms with Crippen molar-refractivity contribution in [1.82, 2.24) is 14.8 Å². The average molecular weight is 366 g/mol. The molecule has 0 amide bonds. The van der Waals surface area contributed by atoms with E-state index in [1.165, 1.54) is 5.56 Å². The summed E-state index contributed by atoms with van der Waals surface area (Å²) in [4.78, 5) is 18.7. The summed E-state index contributed by atoms with van der Waals surface area (Å²) < 4.78 is 12.6. The Bertz CT molecular complexity index is 952. The Labute approximate surface area is 157 Å². The third kappa shape index (κ3) is 3.26. The fraction of sp³-hybridized carbons (Fsp3) is 0.350. The number of benzene rings is 1. The van der Waals surface area contributed by atoms with E-state index in [4.69, 9.17) is 14.6 Å². The van der Waals surface area contributed by atoms with Crippen LogP contribution in [0.15, 0.2) is 42.7 Å². The number of pyridine rings is 1. The minimum atomic E-state index is -0.503. The van der Waals surface area contributed by atoms with Crippen molar-refractivity contribution in [1.29, 1.82) is 0 Å². The Balaban J connectivity index is 1.81. The van der Waals surface area contributed by atoms with Gasteiger partial charge in [0.15, 0.2) is 11.9 Å². The monoisotopic (exact) mass is 366 g/mol. The van der Waals surface area contributed by atoms with Gasteiger partial charge in [0, 0.05) is 18.1 Å². The first-order valence-corrected chi connectivity index (χ1v) is 9.10. The van der Waals surface area contributed by atoms with Gasteiger partial charge in [-0.15, -0.1) is 5.10 Å². The number of nitrogens with zero attached hydrogens (tertiary/aromatic N) is 4. The second-order valence-corrected chi connectivity index (χ2v) is 6.50. The zero-order valence-electron chi connectivity index (χ0n) is 15.5. The van der Waals surface area contributed by atoms with Crippen molar-refractivity contribution in [2.75, 3.05) is 31.3 Å². The lowest BCUT2D eigenvalue weighted by Gasteiger charge is -2.34. The van der Waals surface area contributed by atoms with Crippen LogP contribution in [-0.4, -0.2) is 53.1 Å². The molecular weight excluding hydrogens is 344 g/mol. The molecule has 0 spiro atoms. The third-order valence-electron chi connectivity index (χ3n) is 4.70. The van der Waals surface area contributed by atoms with Crippen molar-refractivity contribution in [3.05, 3.63) is 48.3 Å². The average Bonchev–Trinajstić information content (AvgIpc) is 3.08. The molecule has 0 N–H and O–H groups in total. The minimum Gasteiger partial charge on any atom is -0.464 e. The first kappa shape index (κ1) is 17.5. The first-order chi connectivity index (χ1) is 13.2. The molecule has 1 saturated heterocycles. The molecule has 7 nitrogen and oxygen atoms in total. The van der Waals surface area contributed by atoms with Crippen LogP contribution in [0.25, 0.3) is 16.6 Å². The number of aryl methyl sites for hydroxylation is 1. The van der Waals surface area contributed by atoms with E-state index in [0.717, 1.165) is 22.4 Å². The van der Waals surface area contributed by atoms with E-state index in [1.54, 1.807) is 19.3 Å². The normalized spacial score (nSPS) is 17.3. The molecule has 0 radical (unpaired) electrons. The van der Waals surface area contributed by atoms with E-state index in [0.29, 0.717) is 26.4 Å². The summed E-state index contributed by atoms with van der Waals surface area (Å²) in [6.07, 6.45) is 3.54. The second-order valence-electron chi connectivity index (χ2n) is 6.50. The van der Waals surface area contributed by atoms with Crippen LogP contribution >= 0.6 is 0 Å². The molecule has 1 fully saturated rings. The van der Waals surface area contributed by atoms with E-state index in [9.17, 15) is 4.79 Å². The molecule has 140 valence electrons. The Hall–Kier alpha value is -2.93. The molecular formula is C20H22N4O3. The highest BCUT2D eigenvalue weighted by atomic mass is 16.5. The summed E-state index contributed by atoms with van der Waals surface area (Å²) in [7, 11) is 0. The first-order valence-electron chi connectivity index (χ1n) is 9.10. The van der Waals surface area contributed by atoms with Crippen LogP contribution in [0.2, 0.25) is 0 Å². The number of rotatable bonds is 4. The predicted octanol–water partition coefficient (Wildman–Crippen LogP) is 2.50. The molecule has 7 heteroatoms. The van der Waals surface area contributed by atoms with Crippen molar-refractivity contribution in [2.24, 2.45) is 0 Å². The van der Waals surface area contributed by atoms with Gasteiger partial charge in [-0.2, -0.15) is 0 Å². The maximum absolute atomic E-state index is 12.4. The fourth-order valence-electron chi connectivity index (χ4n) is 3.33. The molecule has 0 bridgehead atoms. The molecule has 1 unspecified atom stereocenters. The van der Waals surface area contributed by atoms with Gasteiger partial charge in [-0.3, -0.25) is 4.98 Å². The lowest BCUT2D eigenvalue weighted by atomic mass is 10.2. The summed E-state index contributed by atoms with van der Waals surface area (Å²) in [6, 6.07) is 9.59. The molecule has 4 rings (SSSR count). The molecule has 1 aliphatic rings. The van der Waals surface area contributed by atoms with E-state index in [2.05, 4.69) is 24.0 Å². The number of ether oxygens (including phenoxy) is 2. The summed E-state index contributed by atoms with van der Waals surface area (Å²) in [5, 5.41) is 5.79. The van der Waals surface area contributed by atoms with Gasteiger partial charge in [-0.1, -0.05) is 17.7 Å². The Morgan fingerprint density at radius 2 is 2.11 bits per heavy atom. The molecule has 1 aliphatic heterocycles. The zero-order chi connectivity index (χ0) is 18.8. The molecule has 1 atom stereocenters. The lowest BCUT2D eigenvalue weighted by Crippen LogP contribution is -2.51. The van der Waals surface area contributed by atoms with Crippen molar-refractivity contribution < 1.29 is 14.3 Å². The van der Waals surface area contributed by atoms with Crippen molar-refractivity contribution in [3.8, 4) is 5.69 Å². The quantitative estimate of drug-likeness (QED) is 0.661. The molecule has 0 saturated carbocycles. The van der Waals surface area contributed by atoms with E-state index in [-0.39, 0.29) is 5.97 Å². The minimum absolute atomic E-state index is 0.288. The Morgan fingerprint density at radius 3 is 2.89 bits per heavy atom. The molecule has 27 heavy (non-hydrogen) atoms. The van der Waals surface area contributed by atoms with Crippen LogP contribution < -0.4 is 4.90 Å². The summed E-state index contributed by atoms with van der Waals surface area (Å²) in [5.41, 5.74) is 3.03. The number of morpholine rings is 1. The second kappa shape index (κ2) is 7.36. The summed E-state index contributed by atoms with van der Waals surface area (Å²) in [6.45, 7) is 5.61.